The summed E-state index contributed by atoms with van der Waals surface area (Å²) in [5, 5.41) is 4.09. The summed E-state index contributed by atoms with van der Waals surface area (Å²) in [6.07, 6.45) is 8.03. The molecule has 1 amide bonds. The minimum absolute atomic E-state index is 0.253. The molecule has 0 aliphatic carbocycles. The maximum Gasteiger partial charge on any atom is 0.240 e. The Labute approximate surface area is 157 Å². The second kappa shape index (κ2) is 8.98. The van der Waals surface area contributed by atoms with E-state index in [0.29, 0.717) is 17.9 Å². The molecule has 0 spiro atoms. The summed E-state index contributed by atoms with van der Waals surface area (Å²) in [4.78, 5) is 21.2. The third-order valence-electron chi connectivity index (χ3n) is 5.84. The van der Waals surface area contributed by atoms with Crippen molar-refractivity contribution >= 4 is 5.91 Å². The molecule has 1 aromatic rings. The monoisotopic (exact) mass is 362 g/mol. The Morgan fingerprint density at radius 3 is 2.62 bits per heavy atom. The second-order valence-corrected chi connectivity index (χ2v) is 8.44. The van der Waals surface area contributed by atoms with Crippen LogP contribution in [0, 0.1) is 11.8 Å². The molecule has 2 aliphatic heterocycles. The SMILES string of the molecule is CC(=O)N1CCCCC[C@H]1C1CCN(Cc2nc(CC(C)C)no2)CC1. The number of carbonyl (C=O) groups excluding carboxylic acids is 1. The van der Waals surface area contributed by atoms with Gasteiger partial charge >= 0.3 is 0 Å². The fourth-order valence-electron chi connectivity index (χ4n) is 4.50. The maximum atomic E-state index is 12.1. The molecule has 0 aromatic carbocycles. The molecule has 3 rings (SSSR count). The lowest BCUT2D eigenvalue weighted by molar-refractivity contribution is -0.132. The summed E-state index contributed by atoms with van der Waals surface area (Å²) in [5.41, 5.74) is 0. The Kier molecular flexibility index (Phi) is 6.68. The number of amides is 1. The Morgan fingerprint density at radius 2 is 1.92 bits per heavy atom. The molecule has 2 saturated heterocycles. The smallest absolute Gasteiger partial charge is 0.240 e. The third-order valence-corrected chi connectivity index (χ3v) is 5.84. The highest BCUT2D eigenvalue weighted by Crippen LogP contribution is 2.30. The van der Waals surface area contributed by atoms with Gasteiger partial charge in [0.1, 0.15) is 0 Å². The predicted octanol–water partition coefficient (Wildman–Crippen LogP) is 3.27. The molecule has 0 radical (unpaired) electrons. The number of carbonyl (C=O) groups is 1. The van der Waals surface area contributed by atoms with Gasteiger partial charge in [-0.25, -0.2) is 0 Å². The van der Waals surface area contributed by atoms with Crippen LogP contribution in [-0.2, 0) is 17.8 Å². The van der Waals surface area contributed by atoms with Crippen molar-refractivity contribution in [1.82, 2.24) is 19.9 Å². The molecule has 146 valence electrons. The van der Waals surface area contributed by atoms with Crippen LogP contribution in [0.15, 0.2) is 4.52 Å². The summed E-state index contributed by atoms with van der Waals surface area (Å²) in [7, 11) is 0. The van der Waals surface area contributed by atoms with E-state index in [-0.39, 0.29) is 5.91 Å². The van der Waals surface area contributed by atoms with Gasteiger partial charge in [-0.1, -0.05) is 31.8 Å². The van der Waals surface area contributed by atoms with Gasteiger partial charge in [0.25, 0.3) is 0 Å². The van der Waals surface area contributed by atoms with Crippen LogP contribution in [0.5, 0.6) is 0 Å². The Hall–Kier alpha value is -1.43. The zero-order valence-electron chi connectivity index (χ0n) is 16.6. The van der Waals surface area contributed by atoms with Crippen molar-refractivity contribution < 1.29 is 9.32 Å². The number of hydrogen-bond donors (Lipinski definition) is 0. The van der Waals surface area contributed by atoms with Gasteiger partial charge in [0.05, 0.1) is 6.54 Å². The van der Waals surface area contributed by atoms with Crippen molar-refractivity contribution in [3.05, 3.63) is 11.7 Å². The first-order chi connectivity index (χ1) is 12.5. The van der Waals surface area contributed by atoms with E-state index in [1.807, 2.05) is 0 Å². The number of aromatic nitrogens is 2. The number of likely N-dealkylation sites (tertiary alicyclic amines) is 2. The van der Waals surface area contributed by atoms with Gasteiger partial charge in [0.2, 0.25) is 11.8 Å². The molecule has 1 atom stereocenters. The normalized spacial score (nSPS) is 23.4. The topological polar surface area (TPSA) is 62.5 Å². The first kappa shape index (κ1) is 19.3. The van der Waals surface area contributed by atoms with E-state index in [0.717, 1.165) is 63.6 Å². The van der Waals surface area contributed by atoms with Crippen molar-refractivity contribution in [3.63, 3.8) is 0 Å². The van der Waals surface area contributed by atoms with Crippen molar-refractivity contribution in [2.45, 2.75) is 78.3 Å². The summed E-state index contributed by atoms with van der Waals surface area (Å²) < 4.78 is 5.42. The lowest BCUT2D eigenvalue weighted by Gasteiger charge is -2.40. The number of hydrogen-bond acceptors (Lipinski definition) is 5. The van der Waals surface area contributed by atoms with Crippen LogP contribution in [0.2, 0.25) is 0 Å². The molecule has 3 heterocycles. The first-order valence-electron chi connectivity index (χ1n) is 10.3. The molecule has 6 heteroatoms. The van der Waals surface area contributed by atoms with Gasteiger partial charge in [-0.2, -0.15) is 4.98 Å². The largest absolute Gasteiger partial charge is 0.340 e. The second-order valence-electron chi connectivity index (χ2n) is 8.44. The number of rotatable bonds is 5. The molecule has 0 unspecified atom stereocenters. The molecular formula is C20H34N4O2. The van der Waals surface area contributed by atoms with Crippen molar-refractivity contribution in [2.75, 3.05) is 19.6 Å². The number of piperidine rings is 1. The van der Waals surface area contributed by atoms with E-state index in [1.54, 1.807) is 6.92 Å². The minimum atomic E-state index is 0.253. The molecule has 26 heavy (non-hydrogen) atoms. The van der Waals surface area contributed by atoms with Crippen molar-refractivity contribution in [1.29, 1.82) is 0 Å². The maximum absolute atomic E-state index is 12.1. The predicted molar refractivity (Wildman–Crippen MR) is 100 cm³/mol. The van der Waals surface area contributed by atoms with E-state index >= 15 is 0 Å². The molecule has 0 N–H and O–H groups in total. The minimum Gasteiger partial charge on any atom is -0.340 e. The molecule has 2 aliphatic rings. The van der Waals surface area contributed by atoms with Gasteiger partial charge in [-0.05, 0) is 50.6 Å². The van der Waals surface area contributed by atoms with Crippen LogP contribution in [0.4, 0.5) is 0 Å². The van der Waals surface area contributed by atoms with Gasteiger partial charge < -0.3 is 9.42 Å². The van der Waals surface area contributed by atoms with Crippen LogP contribution in [-0.4, -0.2) is 51.5 Å². The lowest BCUT2D eigenvalue weighted by atomic mass is 9.86. The van der Waals surface area contributed by atoms with Crippen LogP contribution >= 0.6 is 0 Å². The van der Waals surface area contributed by atoms with Crippen LogP contribution in [0.25, 0.3) is 0 Å². The third kappa shape index (κ3) is 5.06. The molecular weight excluding hydrogens is 328 g/mol. The van der Waals surface area contributed by atoms with E-state index in [1.165, 1.54) is 19.3 Å². The van der Waals surface area contributed by atoms with Crippen LogP contribution < -0.4 is 0 Å². The average molecular weight is 363 g/mol. The highest BCUT2D eigenvalue weighted by Gasteiger charge is 2.33. The first-order valence-corrected chi connectivity index (χ1v) is 10.3. The van der Waals surface area contributed by atoms with Gasteiger partial charge in [-0.3, -0.25) is 9.69 Å². The fraction of sp³-hybridized carbons (Fsp3) is 0.850. The van der Waals surface area contributed by atoms with E-state index in [9.17, 15) is 4.79 Å². The Morgan fingerprint density at radius 1 is 1.15 bits per heavy atom. The standard InChI is InChI=1S/C20H34N4O2/c1-15(2)13-19-21-20(26-22-19)14-23-11-8-17(9-12-23)18-7-5-4-6-10-24(18)16(3)25/h15,17-18H,4-14H2,1-3H3/t18-/m0/s1. The molecule has 0 saturated carbocycles. The van der Waals surface area contributed by atoms with Crippen molar-refractivity contribution in [3.8, 4) is 0 Å². The van der Waals surface area contributed by atoms with Crippen LogP contribution in [0.1, 0.15) is 71.0 Å². The Balaban J connectivity index is 1.51. The zero-order chi connectivity index (χ0) is 18.5. The van der Waals surface area contributed by atoms with E-state index < -0.39 is 0 Å². The van der Waals surface area contributed by atoms with E-state index in [4.69, 9.17) is 4.52 Å². The van der Waals surface area contributed by atoms with E-state index in [2.05, 4.69) is 33.8 Å². The molecule has 6 nitrogen and oxygen atoms in total. The average Bonchev–Trinajstić information content (AvgIpc) is 2.88. The number of nitrogens with zero attached hydrogens (tertiary/aromatic N) is 4. The summed E-state index contributed by atoms with van der Waals surface area (Å²) >= 11 is 0. The van der Waals surface area contributed by atoms with Crippen LogP contribution in [0.3, 0.4) is 0 Å². The van der Waals surface area contributed by atoms with Gasteiger partial charge in [0, 0.05) is 25.9 Å². The summed E-state index contributed by atoms with van der Waals surface area (Å²) in [6.45, 7) is 9.86. The quantitative estimate of drug-likeness (QED) is 0.804. The van der Waals surface area contributed by atoms with Gasteiger partial charge in [-0.15, -0.1) is 0 Å². The summed E-state index contributed by atoms with van der Waals surface area (Å²) in [5.74, 6) is 2.98. The highest BCUT2D eigenvalue weighted by atomic mass is 16.5. The molecule has 0 bridgehead atoms. The molecule has 1 aromatic heterocycles. The highest BCUT2D eigenvalue weighted by molar-refractivity contribution is 5.73. The lowest BCUT2D eigenvalue weighted by Crippen LogP contribution is -2.47. The molecule has 2 fully saturated rings. The fourth-order valence-corrected chi connectivity index (χ4v) is 4.50. The zero-order valence-corrected chi connectivity index (χ0v) is 16.6. The van der Waals surface area contributed by atoms with Crippen molar-refractivity contribution in [2.24, 2.45) is 11.8 Å². The van der Waals surface area contributed by atoms with Gasteiger partial charge in [0.15, 0.2) is 5.82 Å². The summed E-state index contributed by atoms with van der Waals surface area (Å²) in [6, 6.07) is 0.443. The Bertz CT molecular complexity index is 578.